The molecule has 0 aromatic heterocycles. The zero-order valence-corrected chi connectivity index (χ0v) is 22.3. The predicted molar refractivity (Wildman–Crippen MR) is 138 cm³/mol. The monoisotopic (exact) mass is 559 g/mol. The van der Waals surface area contributed by atoms with Gasteiger partial charge in [-0.2, -0.15) is 0 Å². The Balaban J connectivity index is 1.87. The molecule has 40 heavy (non-hydrogen) atoms. The fraction of sp³-hybridized carbons (Fsp3) is 0.464. The van der Waals surface area contributed by atoms with Crippen molar-refractivity contribution in [2.75, 3.05) is 13.7 Å². The molecule has 5 atom stereocenters. The Hall–Kier alpha value is -3.39. The summed E-state index contributed by atoms with van der Waals surface area (Å²) in [4.78, 5) is 39.7. The molecule has 1 fully saturated rings. The lowest BCUT2D eigenvalue weighted by atomic mass is 9.77. The first kappa shape index (κ1) is 29.6. The van der Waals surface area contributed by atoms with Crippen molar-refractivity contribution in [3.05, 3.63) is 51.6 Å². The van der Waals surface area contributed by atoms with Gasteiger partial charge in [0.05, 0.1) is 42.6 Å². The number of fused-ring (bicyclic) bond motifs is 2. The van der Waals surface area contributed by atoms with Gasteiger partial charge >= 0.3 is 0 Å². The van der Waals surface area contributed by atoms with Gasteiger partial charge in [-0.25, -0.2) is 0 Å². The summed E-state index contributed by atoms with van der Waals surface area (Å²) in [5, 5.41) is 53.4. The Labute approximate surface area is 229 Å². The van der Waals surface area contributed by atoms with Gasteiger partial charge in [0.15, 0.2) is 17.9 Å². The molecule has 1 aliphatic heterocycles. The van der Waals surface area contributed by atoms with Crippen LogP contribution in [-0.4, -0.2) is 86.7 Å². The number of phenolic OH excluding ortho intramolecular Hbond substituents is 2. The van der Waals surface area contributed by atoms with Gasteiger partial charge in [-0.1, -0.05) is 19.1 Å². The Kier molecular flexibility index (Phi) is 8.31. The molecule has 12 nitrogen and oxygen atoms in total. The molecule has 7 N–H and O–H groups in total. The summed E-state index contributed by atoms with van der Waals surface area (Å²) in [6, 6.07) is 3.68. The lowest BCUT2D eigenvalue weighted by molar-refractivity contribution is -0.226. The van der Waals surface area contributed by atoms with Crippen LogP contribution in [0.2, 0.25) is 0 Å². The molecule has 2 aromatic rings. The highest BCUT2D eigenvalue weighted by Crippen LogP contribution is 2.46. The largest absolute Gasteiger partial charge is 0.507 e. The van der Waals surface area contributed by atoms with Crippen LogP contribution >= 0.6 is 0 Å². The van der Waals surface area contributed by atoms with E-state index in [1.54, 1.807) is 6.92 Å². The summed E-state index contributed by atoms with van der Waals surface area (Å²) in [7, 11) is 1.32. The number of Topliss-reactive ketones (excluding diaryl/α,β-unsaturated/α-hetero) is 1. The van der Waals surface area contributed by atoms with Crippen molar-refractivity contribution in [3.63, 3.8) is 0 Å². The van der Waals surface area contributed by atoms with E-state index in [0.29, 0.717) is 0 Å². The molecule has 1 heterocycles. The minimum Gasteiger partial charge on any atom is -0.507 e. The average molecular weight is 560 g/mol. The molecule has 0 amide bonds. The lowest BCUT2D eigenvalue weighted by Gasteiger charge is -2.36. The number of nitrogens with two attached hydrogens (primary N) is 1. The number of aliphatic hydroxyl groups excluding tert-OH is 2. The Morgan fingerprint density at radius 1 is 1.12 bits per heavy atom. The van der Waals surface area contributed by atoms with Crippen molar-refractivity contribution in [2.45, 2.75) is 69.9 Å². The van der Waals surface area contributed by atoms with Crippen LogP contribution < -0.4 is 10.5 Å². The third-order valence-corrected chi connectivity index (χ3v) is 7.71. The van der Waals surface area contributed by atoms with Gasteiger partial charge in [-0.05, 0) is 19.4 Å². The number of hydrogen-bond donors (Lipinski definition) is 6. The Morgan fingerprint density at radius 3 is 2.38 bits per heavy atom. The number of aromatic hydroxyl groups is 2. The minimum absolute atomic E-state index is 0.0594. The van der Waals surface area contributed by atoms with Crippen LogP contribution in [0, 0.1) is 0 Å². The zero-order chi connectivity index (χ0) is 29.5. The number of carbonyl (C=O) groups is 3. The normalized spacial score (nSPS) is 23.8. The molecular weight excluding hydrogens is 526 g/mol. The molecule has 2 aliphatic rings. The van der Waals surface area contributed by atoms with Crippen LogP contribution in [0.4, 0.5) is 0 Å². The van der Waals surface area contributed by atoms with Crippen LogP contribution in [0.1, 0.15) is 69.7 Å². The number of hydrogen-bond acceptors (Lipinski definition) is 12. The number of ketones is 3. The number of ether oxygens (including phenoxy) is 3. The molecular formula is C28H33NO11. The summed E-state index contributed by atoms with van der Waals surface area (Å²) >= 11 is 0. The van der Waals surface area contributed by atoms with Crippen LogP contribution in [0.3, 0.4) is 0 Å². The summed E-state index contributed by atoms with van der Waals surface area (Å²) < 4.78 is 16.7. The van der Waals surface area contributed by atoms with Gasteiger partial charge < -0.3 is 45.5 Å². The first-order chi connectivity index (χ1) is 18.9. The van der Waals surface area contributed by atoms with E-state index in [1.807, 2.05) is 0 Å². The number of aliphatic hydroxyl groups is 3. The fourth-order valence-electron chi connectivity index (χ4n) is 5.23. The molecule has 2 aromatic carbocycles. The molecule has 12 heteroatoms. The van der Waals surface area contributed by atoms with Crippen molar-refractivity contribution in [1.82, 2.24) is 0 Å². The maximum absolute atomic E-state index is 13.6. The second-order valence-electron chi connectivity index (χ2n) is 10.1. The zero-order valence-electron chi connectivity index (χ0n) is 22.3. The molecule has 1 unspecified atom stereocenters. The Morgan fingerprint density at radius 2 is 1.77 bits per heavy atom. The maximum Gasteiger partial charge on any atom is 0.202 e. The fourth-order valence-corrected chi connectivity index (χ4v) is 5.23. The predicted octanol–water partition coefficient (Wildman–Crippen LogP) is 0.466. The molecule has 0 bridgehead atoms. The number of phenols is 2. The summed E-state index contributed by atoms with van der Waals surface area (Å²) in [5.74, 6) is -3.83. The van der Waals surface area contributed by atoms with Crippen LogP contribution in [0.5, 0.6) is 17.2 Å². The number of rotatable bonds is 9. The van der Waals surface area contributed by atoms with E-state index in [1.165, 1.54) is 32.2 Å². The van der Waals surface area contributed by atoms with Gasteiger partial charge in [-0.15, -0.1) is 0 Å². The third-order valence-electron chi connectivity index (χ3n) is 7.71. The molecule has 216 valence electrons. The van der Waals surface area contributed by atoms with E-state index in [4.69, 9.17) is 19.9 Å². The van der Waals surface area contributed by atoms with Gasteiger partial charge in [0.1, 0.15) is 29.5 Å². The maximum atomic E-state index is 13.6. The average Bonchev–Trinajstić information content (AvgIpc) is 2.94. The summed E-state index contributed by atoms with van der Waals surface area (Å²) in [5.41, 5.74) is 2.27. The second-order valence-corrected chi connectivity index (χ2v) is 10.1. The molecule has 1 saturated heterocycles. The van der Waals surface area contributed by atoms with Crippen LogP contribution in [-0.2, 0) is 27.3 Å². The van der Waals surface area contributed by atoms with Crippen molar-refractivity contribution >= 4 is 17.3 Å². The van der Waals surface area contributed by atoms with E-state index in [9.17, 15) is 39.9 Å². The van der Waals surface area contributed by atoms with Gasteiger partial charge in [0.25, 0.3) is 0 Å². The third kappa shape index (κ3) is 4.87. The first-order valence-electron chi connectivity index (χ1n) is 12.8. The van der Waals surface area contributed by atoms with Gasteiger partial charge in [0.2, 0.25) is 5.78 Å². The highest BCUT2D eigenvalue weighted by Gasteiger charge is 2.42. The summed E-state index contributed by atoms with van der Waals surface area (Å²) in [6.45, 7) is 1.60. The van der Waals surface area contributed by atoms with Crippen molar-refractivity contribution in [1.29, 1.82) is 0 Å². The van der Waals surface area contributed by atoms with E-state index in [2.05, 4.69) is 0 Å². The van der Waals surface area contributed by atoms with Crippen LogP contribution in [0.15, 0.2) is 18.2 Å². The summed E-state index contributed by atoms with van der Waals surface area (Å²) in [6.07, 6.45) is -3.24. The van der Waals surface area contributed by atoms with Gasteiger partial charge in [0, 0.05) is 35.6 Å². The second kappa shape index (κ2) is 11.2. The van der Waals surface area contributed by atoms with E-state index in [0.717, 1.165) is 0 Å². The highest BCUT2D eigenvalue weighted by atomic mass is 16.7. The van der Waals surface area contributed by atoms with Crippen molar-refractivity contribution in [3.8, 4) is 17.2 Å². The minimum atomic E-state index is -2.17. The lowest BCUT2D eigenvalue weighted by Crippen LogP contribution is -2.51. The molecule has 0 radical (unpaired) electrons. The van der Waals surface area contributed by atoms with E-state index >= 15 is 0 Å². The standard InChI is InChI=1S/C28H33NO11/c1-4-28(37,18(31)10-30)9-14-15(11-39-19-8-16(29)23(32)12(2)40-19)26(35)22-21(25(14)34)24(33)13-6-5-7-17(38-3)20(13)27(22)36/h5-7,12,16,19,23,30,32,34-35,37H,4,8-11,29H2,1-3H3/t12-,16-,19+,23+,28?/m0/s1. The number of carbonyl (C=O) groups excluding carboxylic acids is 3. The van der Waals surface area contributed by atoms with Gasteiger partial charge in [-0.3, -0.25) is 14.4 Å². The molecule has 0 saturated carbocycles. The highest BCUT2D eigenvalue weighted by molar-refractivity contribution is 6.31. The first-order valence-corrected chi connectivity index (χ1v) is 12.8. The number of methoxy groups -OCH3 is 1. The van der Waals surface area contributed by atoms with Crippen LogP contribution in [0.25, 0.3) is 0 Å². The SMILES string of the molecule is CCC(O)(Cc1c(O)c2c(c(O)c1CO[C@H]1C[C@H](N)[C@H](O)[C@H](C)O1)C(=O)c1c(OC)cccc1C2=O)C(=O)CO. The molecule has 4 rings (SSSR count). The van der Waals surface area contributed by atoms with Crippen molar-refractivity contribution < 1.29 is 54.1 Å². The Bertz CT molecular complexity index is 1340. The van der Waals surface area contributed by atoms with E-state index < -0.39 is 89.8 Å². The molecule has 1 aliphatic carbocycles. The number of benzene rings is 2. The molecule has 0 spiro atoms. The van der Waals surface area contributed by atoms with E-state index in [-0.39, 0.29) is 40.8 Å². The smallest absolute Gasteiger partial charge is 0.202 e. The topological polar surface area (TPSA) is 206 Å². The quantitative estimate of drug-likeness (QED) is 0.198. The van der Waals surface area contributed by atoms with Crippen molar-refractivity contribution in [2.24, 2.45) is 5.73 Å².